The van der Waals surface area contributed by atoms with Gasteiger partial charge in [-0.3, -0.25) is 9.36 Å². The first kappa shape index (κ1) is 17.9. The fourth-order valence-corrected chi connectivity index (χ4v) is 3.37. The van der Waals surface area contributed by atoms with Crippen molar-refractivity contribution in [2.45, 2.75) is 19.8 Å². The highest BCUT2D eigenvalue weighted by atomic mass is 16.1. The van der Waals surface area contributed by atoms with Gasteiger partial charge in [0.25, 0.3) is 5.91 Å². The van der Waals surface area contributed by atoms with E-state index in [2.05, 4.69) is 34.3 Å². The zero-order chi connectivity index (χ0) is 19.5. The minimum absolute atomic E-state index is 0.0836. The number of hydrogen-bond donors (Lipinski definition) is 1. The zero-order valence-electron chi connectivity index (χ0n) is 16.0. The molecule has 0 aliphatic carbocycles. The Morgan fingerprint density at radius 3 is 2.71 bits per heavy atom. The van der Waals surface area contributed by atoms with Crippen LogP contribution in [0.1, 0.15) is 34.6 Å². The molecule has 28 heavy (non-hydrogen) atoms. The van der Waals surface area contributed by atoms with Crippen molar-refractivity contribution in [3.8, 4) is 5.69 Å². The summed E-state index contributed by atoms with van der Waals surface area (Å²) in [6.07, 6.45) is 1.75. The Balaban J connectivity index is 1.55. The van der Waals surface area contributed by atoms with E-state index in [9.17, 15) is 4.79 Å². The van der Waals surface area contributed by atoms with Gasteiger partial charge in [0.1, 0.15) is 11.3 Å². The second-order valence-corrected chi connectivity index (χ2v) is 6.91. The Morgan fingerprint density at radius 1 is 1.07 bits per heavy atom. The molecule has 0 spiro atoms. The molecule has 1 unspecified atom stereocenters. The lowest BCUT2D eigenvalue weighted by atomic mass is 10.0. The summed E-state index contributed by atoms with van der Waals surface area (Å²) in [5.41, 5.74) is 4.34. The van der Waals surface area contributed by atoms with Crippen LogP contribution in [0, 0.1) is 6.92 Å². The summed E-state index contributed by atoms with van der Waals surface area (Å²) < 4.78 is 1.97. The molecule has 4 aromatic rings. The van der Waals surface area contributed by atoms with E-state index in [0.29, 0.717) is 12.1 Å². The van der Waals surface area contributed by atoms with Gasteiger partial charge in [0.05, 0.1) is 0 Å². The van der Waals surface area contributed by atoms with Crippen molar-refractivity contribution in [1.82, 2.24) is 19.9 Å². The molecule has 1 N–H and O–H groups in total. The molecule has 5 nitrogen and oxygen atoms in total. The van der Waals surface area contributed by atoms with Gasteiger partial charge < -0.3 is 5.32 Å². The number of benzene rings is 2. The number of aromatic nitrogens is 3. The molecular weight excluding hydrogens is 348 g/mol. The molecule has 0 bridgehead atoms. The van der Waals surface area contributed by atoms with Gasteiger partial charge in [0.2, 0.25) is 0 Å². The molecule has 2 heterocycles. The highest BCUT2D eigenvalue weighted by molar-refractivity contribution is 5.94. The summed E-state index contributed by atoms with van der Waals surface area (Å²) in [6, 6.07) is 21.6. The molecule has 0 saturated carbocycles. The molecule has 0 aliphatic rings. The van der Waals surface area contributed by atoms with Crippen molar-refractivity contribution >= 4 is 17.1 Å². The molecular formula is C23H22N4O. The topological polar surface area (TPSA) is 59.8 Å². The Kier molecular flexibility index (Phi) is 4.89. The second kappa shape index (κ2) is 7.64. The SMILES string of the molecule is Cc1nc2cccnc2n1-c1cccc(C(=O)NCC(C)c2ccccc2)c1. The van der Waals surface area contributed by atoms with Crippen molar-refractivity contribution in [3.05, 3.63) is 89.9 Å². The van der Waals surface area contributed by atoms with E-state index in [4.69, 9.17) is 0 Å². The van der Waals surface area contributed by atoms with Crippen molar-refractivity contribution in [1.29, 1.82) is 0 Å². The van der Waals surface area contributed by atoms with Crippen molar-refractivity contribution < 1.29 is 4.79 Å². The number of amides is 1. The summed E-state index contributed by atoms with van der Waals surface area (Å²) in [5.74, 6) is 1.00. The van der Waals surface area contributed by atoms with Crippen molar-refractivity contribution in [2.75, 3.05) is 6.54 Å². The Hall–Kier alpha value is -3.47. The Morgan fingerprint density at radius 2 is 1.89 bits per heavy atom. The lowest BCUT2D eigenvalue weighted by Gasteiger charge is -2.14. The largest absolute Gasteiger partial charge is 0.351 e. The maximum absolute atomic E-state index is 12.7. The van der Waals surface area contributed by atoms with Crippen LogP contribution >= 0.6 is 0 Å². The Labute approximate surface area is 164 Å². The minimum atomic E-state index is -0.0836. The van der Waals surface area contributed by atoms with Crippen LogP contribution in [0.2, 0.25) is 0 Å². The Bertz CT molecular complexity index is 1120. The lowest BCUT2D eigenvalue weighted by molar-refractivity contribution is 0.0951. The molecule has 140 valence electrons. The standard InChI is InChI=1S/C23H22N4O/c1-16(18-8-4-3-5-9-18)15-25-23(28)19-10-6-11-20(14-19)27-17(2)26-21-12-7-13-24-22(21)27/h3-14,16H,15H2,1-2H3,(H,25,28). The van der Waals surface area contributed by atoms with E-state index in [1.165, 1.54) is 5.56 Å². The van der Waals surface area contributed by atoms with Gasteiger partial charge in [-0.25, -0.2) is 9.97 Å². The molecule has 2 aromatic carbocycles. The molecule has 0 fully saturated rings. The van der Waals surface area contributed by atoms with Gasteiger partial charge in [-0.05, 0) is 48.7 Å². The molecule has 0 aliphatic heterocycles. The fourth-order valence-electron chi connectivity index (χ4n) is 3.37. The highest BCUT2D eigenvalue weighted by Crippen LogP contribution is 2.20. The number of carbonyl (C=O) groups excluding carboxylic acids is 1. The number of fused-ring (bicyclic) bond motifs is 1. The van der Waals surface area contributed by atoms with Crippen LogP contribution in [-0.2, 0) is 0 Å². The summed E-state index contributed by atoms with van der Waals surface area (Å²) >= 11 is 0. The van der Waals surface area contributed by atoms with Crippen LogP contribution in [0.4, 0.5) is 0 Å². The first-order valence-electron chi connectivity index (χ1n) is 9.37. The van der Waals surface area contributed by atoms with Crippen LogP contribution in [-0.4, -0.2) is 27.0 Å². The summed E-state index contributed by atoms with van der Waals surface area (Å²) in [6.45, 7) is 4.64. The van der Waals surface area contributed by atoms with Crippen molar-refractivity contribution in [2.24, 2.45) is 0 Å². The quantitative estimate of drug-likeness (QED) is 0.571. The zero-order valence-corrected chi connectivity index (χ0v) is 16.0. The number of pyridine rings is 1. The molecule has 2 aromatic heterocycles. The third-order valence-corrected chi connectivity index (χ3v) is 4.89. The summed E-state index contributed by atoms with van der Waals surface area (Å²) in [5, 5.41) is 3.04. The van der Waals surface area contributed by atoms with E-state index < -0.39 is 0 Å². The van der Waals surface area contributed by atoms with Gasteiger partial charge >= 0.3 is 0 Å². The normalized spacial score (nSPS) is 12.1. The van der Waals surface area contributed by atoms with Crippen LogP contribution < -0.4 is 5.32 Å². The second-order valence-electron chi connectivity index (χ2n) is 6.91. The first-order chi connectivity index (χ1) is 13.6. The minimum Gasteiger partial charge on any atom is -0.351 e. The third-order valence-electron chi connectivity index (χ3n) is 4.89. The molecule has 5 heteroatoms. The van der Waals surface area contributed by atoms with E-state index in [0.717, 1.165) is 22.7 Å². The molecule has 0 saturated heterocycles. The van der Waals surface area contributed by atoms with E-state index >= 15 is 0 Å². The lowest BCUT2D eigenvalue weighted by Crippen LogP contribution is -2.27. The molecule has 1 atom stereocenters. The van der Waals surface area contributed by atoms with E-state index in [-0.39, 0.29) is 11.8 Å². The fraction of sp³-hybridized carbons (Fsp3) is 0.174. The monoisotopic (exact) mass is 370 g/mol. The van der Waals surface area contributed by atoms with Gasteiger partial charge in [-0.15, -0.1) is 0 Å². The van der Waals surface area contributed by atoms with Crippen LogP contribution in [0.25, 0.3) is 16.9 Å². The van der Waals surface area contributed by atoms with Gasteiger partial charge in [0, 0.05) is 24.0 Å². The smallest absolute Gasteiger partial charge is 0.251 e. The maximum Gasteiger partial charge on any atom is 0.251 e. The average Bonchev–Trinajstić information content (AvgIpc) is 3.08. The number of carbonyl (C=O) groups is 1. The predicted molar refractivity (Wildman–Crippen MR) is 111 cm³/mol. The maximum atomic E-state index is 12.7. The molecule has 1 amide bonds. The number of nitrogens with zero attached hydrogens (tertiary/aromatic N) is 3. The number of rotatable bonds is 5. The van der Waals surface area contributed by atoms with Gasteiger partial charge in [-0.2, -0.15) is 0 Å². The number of nitrogens with one attached hydrogen (secondary N) is 1. The molecule has 4 rings (SSSR count). The third kappa shape index (κ3) is 3.51. The van der Waals surface area contributed by atoms with E-state index in [1.54, 1.807) is 6.20 Å². The summed E-state index contributed by atoms with van der Waals surface area (Å²) in [7, 11) is 0. The van der Waals surface area contributed by atoms with Crippen LogP contribution in [0.3, 0.4) is 0 Å². The van der Waals surface area contributed by atoms with Gasteiger partial charge in [0.15, 0.2) is 5.65 Å². The number of hydrogen-bond acceptors (Lipinski definition) is 3. The first-order valence-corrected chi connectivity index (χ1v) is 9.37. The number of imidazole rings is 1. The van der Waals surface area contributed by atoms with Crippen molar-refractivity contribution in [3.63, 3.8) is 0 Å². The summed E-state index contributed by atoms with van der Waals surface area (Å²) in [4.78, 5) is 21.7. The average molecular weight is 370 g/mol. The van der Waals surface area contributed by atoms with Crippen LogP contribution in [0.5, 0.6) is 0 Å². The predicted octanol–water partition coefficient (Wildman–Crippen LogP) is 4.26. The van der Waals surface area contributed by atoms with Crippen LogP contribution in [0.15, 0.2) is 72.9 Å². The molecule has 0 radical (unpaired) electrons. The van der Waals surface area contributed by atoms with Gasteiger partial charge in [-0.1, -0.05) is 43.3 Å². The highest BCUT2D eigenvalue weighted by Gasteiger charge is 2.13. The van der Waals surface area contributed by atoms with E-state index in [1.807, 2.05) is 66.1 Å². The number of aryl methyl sites for hydroxylation is 1.